The lowest BCUT2D eigenvalue weighted by Gasteiger charge is -2.26. The van der Waals surface area contributed by atoms with E-state index in [0.29, 0.717) is 0 Å². The van der Waals surface area contributed by atoms with Gasteiger partial charge in [0.25, 0.3) is 0 Å². The second-order valence-electron chi connectivity index (χ2n) is 6.87. The zero-order valence-electron chi connectivity index (χ0n) is 15.6. The normalized spacial score (nSPS) is 17.3. The highest BCUT2D eigenvalue weighted by atomic mass is 35.5. The minimum atomic E-state index is -3.21. The summed E-state index contributed by atoms with van der Waals surface area (Å²) in [7, 11) is -3.21. The van der Waals surface area contributed by atoms with Crippen LogP contribution in [0.5, 0.6) is 5.75 Å². The number of halogens is 1. The number of ether oxygens (including phenoxy) is 1. The van der Waals surface area contributed by atoms with Gasteiger partial charge in [-0.1, -0.05) is 42.5 Å². The van der Waals surface area contributed by atoms with Crippen LogP contribution in [0.4, 0.5) is 0 Å². The standard InChI is InChI=1S/C20H26N2O3S.ClH/c1-15(22-26(2,23)24)17-9-7-16(8-10-17)13-21-14-19-12-11-18-5-3-4-6-20(18)25-19;/h3-10,15,19,21-22H,11-14H2,1-2H3;1H/t15-,19?;/m1./s1. The van der Waals surface area contributed by atoms with E-state index in [1.54, 1.807) is 0 Å². The first-order valence-electron chi connectivity index (χ1n) is 8.92. The van der Waals surface area contributed by atoms with Crippen LogP contribution in [0.25, 0.3) is 0 Å². The summed E-state index contributed by atoms with van der Waals surface area (Å²) in [6.07, 6.45) is 3.45. The van der Waals surface area contributed by atoms with E-state index in [9.17, 15) is 8.42 Å². The third-order valence-electron chi connectivity index (χ3n) is 4.57. The van der Waals surface area contributed by atoms with Crippen molar-refractivity contribution in [2.45, 2.75) is 38.5 Å². The van der Waals surface area contributed by atoms with Crippen molar-refractivity contribution in [3.8, 4) is 5.75 Å². The topological polar surface area (TPSA) is 67.4 Å². The molecule has 1 aliphatic heterocycles. The fraction of sp³-hybridized carbons (Fsp3) is 0.400. The molecule has 0 bridgehead atoms. The molecule has 148 valence electrons. The highest BCUT2D eigenvalue weighted by Gasteiger charge is 2.18. The summed E-state index contributed by atoms with van der Waals surface area (Å²) in [5, 5.41) is 3.45. The lowest BCUT2D eigenvalue weighted by atomic mass is 10.0. The minimum absolute atomic E-state index is 0. The first-order chi connectivity index (χ1) is 12.4. The zero-order valence-corrected chi connectivity index (χ0v) is 17.3. The second kappa shape index (κ2) is 9.55. The van der Waals surface area contributed by atoms with E-state index in [1.807, 2.05) is 43.3 Å². The van der Waals surface area contributed by atoms with Crippen LogP contribution in [0, 0.1) is 0 Å². The Morgan fingerprint density at radius 1 is 1.15 bits per heavy atom. The molecule has 0 fully saturated rings. The van der Waals surface area contributed by atoms with Crippen LogP contribution < -0.4 is 14.8 Å². The van der Waals surface area contributed by atoms with Crippen molar-refractivity contribution in [2.75, 3.05) is 12.8 Å². The molecule has 0 amide bonds. The maximum Gasteiger partial charge on any atom is 0.209 e. The molecule has 2 N–H and O–H groups in total. The SMILES string of the molecule is C[C@@H](NS(C)(=O)=O)c1ccc(CNCC2CCc3ccccc3O2)cc1.Cl. The third-order valence-corrected chi connectivity index (χ3v) is 5.36. The van der Waals surface area contributed by atoms with Crippen molar-refractivity contribution in [3.05, 3.63) is 65.2 Å². The summed E-state index contributed by atoms with van der Waals surface area (Å²) in [6.45, 7) is 3.41. The highest BCUT2D eigenvalue weighted by molar-refractivity contribution is 7.88. The van der Waals surface area contributed by atoms with Gasteiger partial charge in [-0.2, -0.15) is 0 Å². The lowest BCUT2D eigenvalue weighted by molar-refractivity contribution is 0.170. The van der Waals surface area contributed by atoms with Gasteiger partial charge in [-0.15, -0.1) is 12.4 Å². The van der Waals surface area contributed by atoms with Crippen molar-refractivity contribution < 1.29 is 13.2 Å². The molecule has 0 spiro atoms. The van der Waals surface area contributed by atoms with Crippen molar-refractivity contribution in [1.82, 2.24) is 10.0 Å². The molecule has 2 aromatic carbocycles. The van der Waals surface area contributed by atoms with Crippen molar-refractivity contribution in [1.29, 1.82) is 0 Å². The maximum atomic E-state index is 11.3. The van der Waals surface area contributed by atoms with Crippen LogP contribution in [-0.4, -0.2) is 27.3 Å². The van der Waals surface area contributed by atoms with Gasteiger partial charge in [-0.3, -0.25) is 0 Å². The Labute approximate surface area is 168 Å². The molecule has 1 unspecified atom stereocenters. The molecule has 1 heterocycles. The molecule has 0 saturated carbocycles. The molecule has 0 aromatic heterocycles. The van der Waals surface area contributed by atoms with E-state index in [-0.39, 0.29) is 24.6 Å². The van der Waals surface area contributed by atoms with Crippen LogP contribution in [0.2, 0.25) is 0 Å². The van der Waals surface area contributed by atoms with Gasteiger partial charge < -0.3 is 10.1 Å². The van der Waals surface area contributed by atoms with Crippen LogP contribution in [0.15, 0.2) is 48.5 Å². The Morgan fingerprint density at radius 3 is 2.56 bits per heavy atom. The summed E-state index contributed by atoms with van der Waals surface area (Å²) in [5.74, 6) is 1.00. The molecule has 2 aromatic rings. The second-order valence-corrected chi connectivity index (χ2v) is 8.65. The number of sulfonamides is 1. The first-order valence-corrected chi connectivity index (χ1v) is 10.8. The van der Waals surface area contributed by atoms with E-state index in [0.717, 1.165) is 42.8 Å². The molecule has 7 heteroatoms. The van der Waals surface area contributed by atoms with E-state index in [1.165, 1.54) is 11.8 Å². The monoisotopic (exact) mass is 410 g/mol. The number of hydrogen-bond donors (Lipinski definition) is 2. The van der Waals surface area contributed by atoms with Gasteiger partial charge in [0, 0.05) is 19.1 Å². The number of para-hydroxylation sites is 1. The highest BCUT2D eigenvalue weighted by Crippen LogP contribution is 2.26. The number of nitrogens with one attached hydrogen (secondary N) is 2. The molecule has 2 atom stereocenters. The van der Waals surface area contributed by atoms with Gasteiger partial charge in [0.2, 0.25) is 10.0 Å². The molecule has 0 aliphatic carbocycles. The minimum Gasteiger partial charge on any atom is -0.489 e. The van der Waals surface area contributed by atoms with E-state index < -0.39 is 10.0 Å². The van der Waals surface area contributed by atoms with Gasteiger partial charge in [-0.25, -0.2) is 13.1 Å². The fourth-order valence-electron chi connectivity index (χ4n) is 3.21. The lowest BCUT2D eigenvalue weighted by Crippen LogP contribution is -2.33. The molecule has 5 nitrogen and oxygen atoms in total. The molecule has 0 radical (unpaired) electrons. The Morgan fingerprint density at radius 2 is 1.85 bits per heavy atom. The van der Waals surface area contributed by atoms with Gasteiger partial charge in [0.05, 0.1) is 6.26 Å². The average Bonchev–Trinajstić information content (AvgIpc) is 2.61. The van der Waals surface area contributed by atoms with Crippen LogP contribution >= 0.6 is 12.4 Å². The predicted octanol–water partition coefficient (Wildman–Crippen LogP) is 3.20. The molecule has 1 aliphatic rings. The Balaban J connectivity index is 0.00000261. The molecular weight excluding hydrogens is 384 g/mol. The number of rotatable bonds is 7. The van der Waals surface area contributed by atoms with E-state index in [2.05, 4.69) is 22.2 Å². The van der Waals surface area contributed by atoms with Gasteiger partial charge in [0.15, 0.2) is 0 Å². The number of benzene rings is 2. The summed E-state index contributed by atoms with van der Waals surface area (Å²) in [5.41, 5.74) is 3.40. The molecule has 27 heavy (non-hydrogen) atoms. The smallest absolute Gasteiger partial charge is 0.209 e. The van der Waals surface area contributed by atoms with E-state index >= 15 is 0 Å². The summed E-state index contributed by atoms with van der Waals surface area (Å²) in [6, 6.07) is 16.0. The zero-order chi connectivity index (χ0) is 18.6. The van der Waals surface area contributed by atoms with Crippen molar-refractivity contribution in [3.63, 3.8) is 0 Å². The number of hydrogen-bond acceptors (Lipinski definition) is 4. The largest absolute Gasteiger partial charge is 0.489 e. The van der Waals surface area contributed by atoms with Crippen molar-refractivity contribution in [2.24, 2.45) is 0 Å². The van der Waals surface area contributed by atoms with Crippen LogP contribution in [0.1, 0.15) is 36.1 Å². The average molecular weight is 411 g/mol. The van der Waals surface area contributed by atoms with Crippen LogP contribution in [0.3, 0.4) is 0 Å². The molecular formula is C20H27ClN2O3S. The van der Waals surface area contributed by atoms with Gasteiger partial charge >= 0.3 is 0 Å². The third kappa shape index (κ3) is 6.50. The summed E-state index contributed by atoms with van der Waals surface area (Å²) >= 11 is 0. The number of fused-ring (bicyclic) bond motifs is 1. The van der Waals surface area contributed by atoms with Gasteiger partial charge in [-0.05, 0) is 42.5 Å². The van der Waals surface area contributed by atoms with Gasteiger partial charge in [0.1, 0.15) is 11.9 Å². The molecule has 3 rings (SSSR count). The Bertz CT molecular complexity index is 841. The first kappa shape index (κ1) is 21.7. The maximum absolute atomic E-state index is 11.3. The Hall–Kier alpha value is -1.60. The quantitative estimate of drug-likeness (QED) is 0.735. The van der Waals surface area contributed by atoms with Crippen LogP contribution in [-0.2, 0) is 23.0 Å². The summed E-state index contributed by atoms with van der Waals surface area (Å²) < 4.78 is 31.3. The number of aryl methyl sites for hydroxylation is 1. The predicted molar refractivity (Wildman–Crippen MR) is 111 cm³/mol. The summed E-state index contributed by atoms with van der Waals surface area (Å²) in [4.78, 5) is 0. The Kier molecular flexibility index (Phi) is 7.68. The van der Waals surface area contributed by atoms with Crippen molar-refractivity contribution >= 4 is 22.4 Å². The fourth-order valence-corrected chi connectivity index (χ4v) is 3.99. The van der Waals surface area contributed by atoms with E-state index in [4.69, 9.17) is 4.74 Å². The molecule has 0 saturated heterocycles.